The normalized spacial score (nSPS) is 16.2. The number of rotatable bonds is 3. The van der Waals surface area contributed by atoms with Gasteiger partial charge in [-0.2, -0.15) is 0 Å². The lowest BCUT2D eigenvalue weighted by molar-refractivity contribution is 0.804. The summed E-state index contributed by atoms with van der Waals surface area (Å²) in [6.07, 6.45) is 2.66. The molecule has 0 aliphatic heterocycles. The molecule has 1 nitrogen and oxygen atoms in total. The van der Waals surface area contributed by atoms with Crippen LogP contribution in [0.25, 0.3) is 0 Å². The van der Waals surface area contributed by atoms with Crippen molar-refractivity contribution in [1.82, 2.24) is 5.32 Å². The summed E-state index contributed by atoms with van der Waals surface area (Å²) in [7, 11) is 1.98. The Hall–Kier alpha value is -0.530. The standard InChI is InChI=1S/C11H14ClN/c1-13-7-9-4-5-10(12)6-11(9)8-2-3-8/h4-6,8,13H,2-3,7H2,1H3. The van der Waals surface area contributed by atoms with Gasteiger partial charge >= 0.3 is 0 Å². The molecule has 0 aromatic heterocycles. The molecule has 13 heavy (non-hydrogen) atoms. The van der Waals surface area contributed by atoms with Gasteiger partial charge in [0.25, 0.3) is 0 Å². The lowest BCUT2D eigenvalue weighted by Crippen LogP contribution is -2.07. The van der Waals surface area contributed by atoms with E-state index in [0.717, 1.165) is 17.5 Å². The van der Waals surface area contributed by atoms with Gasteiger partial charge in [-0.3, -0.25) is 0 Å². The van der Waals surface area contributed by atoms with Crippen LogP contribution in [0.4, 0.5) is 0 Å². The van der Waals surface area contributed by atoms with Crippen LogP contribution in [0, 0.1) is 0 Å². The van der Waals surface area contributed by atoms with Crippen molar-refractivity contribution in [3.8, 4) is 0 Å². The first-order chi connectivity index (χ1) is 6.31. The van der Waals surface area contributed by atoms with Crippen molar-refractivity contribution in [1.29, 1.82) is 0 Å². The Morgan fingerprint density at radius 3 is 2.85 bits per heavy atom. The minimum atomic E-state index is 0.780. The van der Waals surface area contributed by atoms with Crippen molar-refractivity contribution in [2.45, 2.75) is 25.3 Å². The largest absolute Gasteiger partial charge is 0.316 e. The zero-order valence-corrected chi connectivity index (χ0v) is 8.56. The molecule has 1 aromatic carbocycles. The van der Waals surface area contributed by atoms with Crippen LogP contribution in [-0.4, -0.2) is 7.05 Å². The number of hydrogen-bond acceptors (Lipinski definition) is 1. The van der Waals surface area contributed by atoms with Gasteiger partial charge in [-0.05, 0) is 49.1 Å². The van der Waals surface area contributed by atoms with Crippen LogP contribution in [0.2, 0.25) is 5.02 Å². The quantitative estimate of drug-likeness (QED) is 0.782. The Kier molecular flexibility index (Phi) is 2.56. The molecule has 0 unspecified atom stereocenters. The monoisotopic (exact) mass is 195 g/mol. The summed E-state index contributed by atoms with van der Waals surface area (Å²) in [5, 5.41) is 4.05. The highest BCUT2D eigenvalue weighted by Gasteiger charge is 2.25. The van der Waals surface area contributed by atoms with Crippen molar-refractivity contribution in [3.63, 3.8) is 0 Å². The van der Waals surface area contributed by atoms with Gasteiger partial charge in [0.05, 0.1) is 0 Å². The third kappa shape index (κ3) is 2.04. The van der Waals surface area contributed by atoms with Gasteiger partial charge in [0, 0.05) is 11.6 Å². The molecule has 0 atom stereocenters. The fraction of sp³-hybridized carbons (Fsp3) is 0.455. The zero-order chi connectivity index (χ0) is 9.26. The highest BCUT2D eigenvalue weighted by atomic mass is 35.5. The van der Waals surface area contributed by atoms with Crippen LogP contribution in [-0.2, 0) is 6.54 Å². The molecule has 1 aromatic rings. The minimum absolute atomic E-state index is 0.780. The second-order valence-corrected chi connectivity index (χ2v) is 4.08. The van der Waals surface area contributed by atoms with E-state index in [0.29, 0.717) is 0 Å². The van der Waals surface area contributed by atoms with Gasteiger partial charge in [0.15, 0.2) is 0 Å². The van der Waals surface area contributed by atoms with E-state index in [4.69, 9.17) is 11.6 Å². The summed E-state index contributed by atoms with van der Waals surface area (Å²) in [4.78, 5) is 0. The summed E-state index contributed by atoms with van der Waals surface area (Å²) in [5.41, 5.74) is 2.84. The molecule has 0 heterocycles. The molecule has 1 aliphatic carbocycles. The maximum atomic E-state index is 5.97. The van der Waals surface area contributed by atoms with Crippen LogP contribution in [0.3, 0.4) is 0 Å². The predicted octanol–water partition coefficient (Wildman–Crippen LogP) is 2.94. The van der Waals surface area contributed by atoms with E-state index >= 15 is 0 Å². The van der Waals surface area contributed by atoms with Crippen LogP contribution in [0.5, 0.6) is 0 Å². The molecule has 0 amide bonds. The van der Waals surface area contributed by atoms with Crippen molar-refractivity contribution in [2.24, 2.45) is 0 Å². The molecule has 1 fully saturated rings. The molecular weight excluding hydrogens is 182 g/mol. The Balaban J connectivity index is 2.30. The first-order valence-corrected chi connectivity index (χ1v) is 5.12. The van der Waals surface area contributed by atoms with Gasteiger partial charge in [-0.25, -0.2) is 0 Å². The Morgan fingerprint density at radius 2 is 2.23 bits per heavy atom. The lowest BCUT2D eigenvalue weighted by atomic mass is 10.0. The first kappa shape index (κ1) is 9.04. The number of hydrogen-bond donors (Lipinski definition) is 1. The lowest BCUT2D eigenvalue weighted by Gasteiger charge is -2.08. The van der Waals surface area contributed by atoms with Crippen molar-refractivity contribution in [2.75, 3.05) is 7.05 Å². The van der Waals surface area contributed by atoms with Crippen molar-refractivity contribution < 1.29 is 0 Å². The molecular formula is C11H14ClN. The Morgan fingerprint density at radius 1 is 1.46 bits per heavy atom. The number of halogens is 1. The van der Waals surface area contributed by atoms with E-state index in [1.807, 2.05) is 13.1 Å². The minimum Gasteiger partial charge on any atom is -0.316 e. The number of nitrogens with one attached hydrogen (secondary N) is 1. The fourth-order valence-electron chi connectivity index (χ4n) is 1.69. The van der Waals surface area contributed by atoms with Gasteiger partial charge in [-0.1, -0.05) is 17.7 Å². The zero-order valence-electron chi connectivity index (χ0n) is 7.81. The van der Waals surface area contributed by atoms with Gasteiger partial charge in [-0.15, -0.1) is 0 Å². The summed E-state index contributed by atoms with van der Waals surface area (Å²) < 4.78 is 0. The first-order valence-electron chi connectivity index (χ1n) is 4.74. The summed E-state index contributed by atoms with van der Waals surface area (Å²) in [5.74, 6) is 0.780. The molecule has 1 N–H and O–H groups in total. The van der Waals surface area contributed by atoms with Crippen LogP contribution < -0.4 is 5.32 Å². The highest BCUT2D eigenvalue weighted by Crippen LogP contribution is 2.42. The second-order valence-electron chi connectivity index (χ2n) is 3.65. The molecule has 70 valence electrons. The average molecular weight is 196 g/mol. The molecule has 0 saturated heterocycles. The highest BCUT2D eigenvalue weighted by molar-refractivity contribution is 6.30. The summed E-state index contributed by atoms with van der Waals surface area (Å²) >= 11 is 5.97. The van der Waals surface area contributed by atoms with Gasteiger partial charge < -0.3 is 5.32 Å². The summed E-state index contributed by atoms with van der Waals surface area (Å²) in [6.45, 7) is 0.947. The van der Waals surface area contributed by atoms with E-state index in [1.54, 1.807) is 0 Å². The molecule has 1 saturated carbocycles. The molecule has 0 radical (unpaired) electrons. The molecule has 2 rings (SSSR count). The molecule has 2 heteroatoms. The number of benzene rings is 1. The molecule has 1 aliphatic rings. The maximum Gasteiger partial charge on any atom is 0.0409 e. The molecule has 0 bridgehead atoms. The van der Waals surface area contributed by atoms with Gasteiger partial charge in [0.1, 0.15) is 0 Å². The smallest absolute Gasteiger partial charge is 0.0409 e. The van der Waals surface area contributed by atoms with E-state index in [1.165, 1.54) is 24.0 Å². The predicted molar refractivity (Wildman–Crippen MR) is 56.2 cm³/mol. The van der Waals surface area contributed by atoms with Gasteiger partial charge in [0.2, 0.25) is 0 Å². The van der Waals surface area contributed by atoms with E-state index in [2.05, 4.69) is 17.4 Å². The average Bonchev–Trinajstić information content (AvgIpc) is 2.91. The second kappa shape index (κ2) is 3.69. The van der Waals surface area contributed by atoms with Crippen LogP contribution in [0.15, 0.2) is 18.2 Å². The maximum absolute atomic E-state index is 5.97. The van der Waals surface area contributed by atoms with E-state index in [-0.39, 0.29) is 0 Å². The Labute approximate surface area is 84.1 Å². The van der Waals surface area contributed by atoms with E-state index in [9.17, 15) is 0 Å². The molecule has 0 spiro atoms. The SMILES string of the molecule is CNCc1ccc(Cl)cc1C1CC1. The van der Waals surface area contributed by atoms with E-state index < -0.39 is 0 Å². The topological polar surface area (TPSA) is 12.0 Å². The summed E-state index contributed by atoms with van der Waals surface area (Å²) in [6, 6.07) is 6.22. The third-order valence-electron chi connectivity index (χ3n) is 2.49. The fourth-order valence-corrected chi connectivity index (χ4v) is 1.87. The van der Waals surface area contributed by atoms with Crippen LogP contribution in [0.1, 0.15) is 29.9 Å². The van der Waals surface area contributed by atoms with Crippen molar-refractivity contribution in [3.05, 3.63) is 34.3 Å². The van der Waals surface area contributed by atoms with Crippen LogP contribution >= 0.6 is 11.6 Å². The Bertz CT molecular complexity index is 305. The van der Waals surface area contributed by atoms with Crippen molar-refractivity contribution >= 4 is 11.6 Å². The third-order valence-corrected chi connectivity index (χ3v) is 2.73.